The van der Waals surface area contributed by atoms with Gasteiger partial charge in [0.2, 0.25) is 11.0 Å². The topological polar surface area (TPSA) is 59.8 Å². The molecular weight excluding hydrogens is 388 g/mol. The SMILES string of the molecule is Cc1cc(C)n(-c2nc(CCNC(=O)Cc3ccc(SC(C)C)cc3)cs2)n1. The van der Waals surface area contributed by atoms with Crippen molar-refractivity contribution in [1.29, 1.82) is 0 Å². The number of amides is 1. The number of rotatable bonds is 8. The van der Waals surface area contributed by atoms with Crippen LogP contribution in [0, 0.1) is 13.8 Å². The van der Waals surface area contributed by atoms with E-state index in [9.17, 15) is 4.79 Å². The van der Waals surface area contributed by atoms with E-state index in [1.807, 2.05) is 53.9 Å². The minimum atomic E-state index is 0.0401. The molecule has 1 amide bonds. The number of carbonyl (C=O) groups is 1. The van der Waals surface area contributed by atoms with Crippen LogP contribution in [0.1, 0.15) is 36.5 Å². The molecule has 2 heterocycles. The predicted octanol–water partition coefficient (Wildman–Crippen LogP) is 4.35. The zero-order valence-electron chi connectivity index (χ0n) is 16.7. The van der Waals surface area contributed by atoms with Crippen LogP contribution in [0.3, 0.4) is 0 Å². The molecule has 148 valence electrons. The molecule has 0 atom stereocenters. The highest BCUT2D eigenvalue weighted by Crippen LogP contribution is 2.23. The Morgan fingerprint density at radius 2 is 2.00 bits per heavy atom. The first-order chi connectivity index (χ1) is 13.4. The number of thiazole rings is 1. The van der Waals surface area contributed by atoms with E-state index in [0.717, 1.165) is 27.8 Å². The summed E-state index contributed by atoms with van der Waals surface area (Å²) in [6.45, 7) is 8.93. The van der Waals surface area contributed by atoms with E-state index < -0.39 is 0 Å². The second-order valence-electron chi connectivity index (χ2n) is 7.05. The minimum Gasteiger partial charge on any atom is -0.355 e. The van der Waals surface area contributed by atoms with Crippen molar-refractivity contribution in [3.8, 4) is 5.13 Å². The van der Waals surface area contributed by atoms with E-state index in [2.05, 4.69) is 41.4 Å². The number of hydrogen-bond acceptors (Lipinski definition) is 5. The molecule has 0 aliphatic rings. The predicted molar refractivity (Wildman–Crippen MR) is 117 cm³/mol. The van der Waals surface area contributed by atoms with E-state index in [4.69, 9.17) is 0 Å². The third kappa shape index (κ3) is 5.69. The Kier molecular flexibility index (Phi) is 6.91. The first-order valence-electron chi connectivity index (χ1n) is 9.41. The van der Waals surface area contributed by atoms with Gasteiger partial charge in [-0.1, -0.05) is 26.0 Å². The van der Waals surface area contributed by atoms with Crippen LogP contribution in [0.4, 0.5) is 0 Å². The molecule has 5 nitrogen and oxygen atoms in total. The van der Waals surface area contributed by atoms with Crippen LogP contribution < -0.4 is 5.32 Å². The Balaban J connectivity index is 1.46. The molecule has 0 aliphatic heterocycles. The van der Waals surface area contributed by atoms with E-state index in [1.54, 1.807) is 11.3 Å². The van der Waals surface area contributed by atoms with Gasteiger partial charge in [0.15, 0.2) is 0 Å². The van der Waals surface area contributed by atoms with Crippen LogP contribution in [-0.4, -0.2) is 32.5 Å². The normalized spacial score (nSPS) is 11.2. The van der Waals surface area contributed by atoms with Crippen molar-refractivity contribution in [3.63, 3.8) is 0 Å². The van der Waals surface area contributed by atoms with Crippen LogP contribution in [0.25, 0.3) is 5.13 Å². The third-order valence-electron chi connectivity index (χ3n) is 4.09. The average Bonchev–Trinajstić information content (AvgIpc) is 3.22. The zero-order chi connectivity index (χ0) is 20.1. The number of carbonyl (C=O) groups excluding carboxylic acids is 1. The van der Waals surface area contributed by atoms with E-state index in [0.29, 0.717) is 24.6 Å². The quantitative estimate of drug-likeness (QED) is 0.557. The summed E-state index contributed by atoms with van der Waals surface area (Å²) >= 11 is 3.40. The summed E-state index contributed by atoms with van der Waals surface area (Å²) in [7, 11) is 0. The van der Waals surface area contributed by atoms with Gasteiger partial charge in [-0.2, -0.15) is 5.10 Å². The summed E-state index contributed by atoms with van der Waals surface area (Å²) < 4.78 is 1.86. The number of aryl methyl sites for hydroxylation is 2. The van der Waals surface area contributed by atoms with Crippen molar-refractivity contribution in [2.45, 2.75) is 50.7 Å². The van der Waals surface area contributed by atoms with Crippen molar-refractivity contribution in [2.75, 3.05) is 6.54 Å². The Bertz CT molecular complexity index is 928. The Morgan fingerprint density at radius 1 is 1.25 bits per heavy atom. The zero-order valence-corrected chi connectivity index (χ0v) is 18.4. The first-order valence-corrected chi connectivity index (χ1v) is 11.2. The Labute approximate surface area is 174 Å². The maximum absolute atomic E-state index is 12.2. The molecule has 0 bridgehead atoms. The summed E-state index contributed by atoms with van der Waals surface area (Å²) in [5.41, 5.74) is 4.07. The van der Waals surface area contributed by atoms with Gasteiger partial charge >= 0.3 is 0 Å². The van der Waals surface area contributed by atoms with Gasteiger partial charge in [-0.3, -0.25) is 4.79 Å². The lowest BCUT2D eigenvalue weighted by atomic mass is 10.1. The van der Waals surface area contributed by atoms with Crippen molar-refractivity contribution in [2.24, 2.45) is 0 Å². The summed E-state index contributed by atoms with van der Waals surface area (Å²) in [6, 6.07) is 10.3. The molecule has 7 heteroatoms. The van der Waals surface area contributed by atoms with Gasteiger partial charge in [0.1, 0.15) is 0 Å². The van der Waals surface area contributed by atoms with Crippen molar-refractivity contribution in [3.05, 3.63) is 58.4 Å². The van der Waals surface area contributed by atoms with Gasteiger partial charge in [0.25, 0.3) is 0 Å². The molecule has 0 fully saturated rings. The molecule has 2 aromatic heterocycles. The summed E-state index contributed by atoms with van der Waals surface area (Å²) in [5, 5.41) is 10.9. The van der Waals surface area contributed by atoms with Crippen molar-refractivity contribution < 1.29 is 4.79 Å². The summed E-state index contributed by atoms with van der Waals surface area (Å²) in [4.78, 5) is 18.1. The second-order valence-corrected chi connectivity index (χ2v) is 9.53. The molecule has 1 aromatic carbocycles. The number of nitrogens with zero attached hydrogens (tertiary/aromatic N) is 3. The van der Waals surface area contributed by atoms with E-state index in [-0.39, 0.29) is 5.91 Å². The fourth-order valence-corrected chi connectivity index (χ4v) is 4.57. The van der Waals surface area contributed by atoms with E-state index in [1.165, 1.54) is 4.90 Å². The molecule has 0 unspecified atom stereocenters. The monoisotopic (exact) mass is 414 g/mol. The van der Waals surface area contributed by atoms with E-state index >= 15 is 0 Å². The van der Waals surface area contributed by atoms with Crippen molar-refractivity contribution in [1.82, 2.24) is 20.1 Å². The molecule has 0 spiro atoms. The number of benzene rings is 1. The third-order valence-corrected chi connectivity index (χ3v) is 5.97. The lowest BCUT2D eigenvalue weighted by Gasteiger charge is -2.07. The molecule has 0 radical (unpaired) electrons. The van der Waals surface area contributed by atoms with Crippen molar-refractivity contribution >= 4 is 29.0 Å². The Hall–Kier alpha value is -2.12. The lowest BCUT2D eigenvalue weighted by Crippen LogP contribution is -2.27. The van der Waals surface area contributed by atoms with Gasteiger partial charge in [0.05, 0.1) is 17.8 Å². The maximum atomic E-state index is 12.2. The van der Waals surface area contributed by atoms with Crippen LogP contribution >= 0.6 is 23.1 Å². The fraction of sp³-hybridized carbons (Fsp3) is 0.381. The molecule has 1 N–H and O–H groups in total. The molecule has 3 rings (SSSR count). The van der Waals surface area contributed by atoms with Crippen LogP contribution in [-0.2, 0) is 17.6 Å². The number of nitrogens with one attached hydrogen (secondary N) is 1. The molecule has 0 aliphatic carbocycles. The minimum absolute atomic E-state index is 0.0401. The standard InChI is InChI=1S/C21H26N4OS2/c1-14(2)28-19-7-5-17(6-8-19)12-20(26)22-10-9-18-13-27-21(23-18)25-16(4)11-15(3)24-25/h5-8,11,13-14H,9-10,12H2,1-4H3,(H,22,26). The first kappa shape index (κ1) is 20.6. The van der Waals surface area contributed by atoms with Gasteiger partial charge < -0.3 is 5.32 Å². The van der Waals surface area contributed by atoms with Crippen LogP contribution in [0.15, 0.2) is 40.6 Å². The van der Waals surface area contributed by atoms with Gasteiger partial charge in [-0.25, -0.2) is 9.67 Å². The Morgan fingerprint density at radius 3 is 2.64 bits per heavy atom. The largest absolute Gasteiger partial charge is 0.355 e. The lowest BCUT2D eigenvalue weighted by molar-refractivity contribution is -0.120. The fourth-order valence-electron chi connectivity index (χ4n) is 2.87. The molecule has 3 aromatic rings. The summed E-state index contributed by atoms with van der Waals surface area (Å²) in [6.07, 6.45) is 1.12. The smallest absolute Gasteiger partial charge is 0.224 e. The van der Waals surface area contributed by atoms with Crippen LogP contribution in [0.2, 0.25) is 0 Å². The highest BCUT2D eigenvalue weighted by atomic mass is 32.2. The molecule has 0 saturated heterocycles. The molecule has 28 heavy (non-hydrogen) atoms. The number of thioether (sulfide) groups is 1. The highest BCUT2D eigenvalue weighted by Gasteiger charge is 2.09. The van der Waals surface area contributed by atoms with Gasteiger partial charge in [-0.05, 0) is 37.6 Å². The second kappa shape index (κ2) is 9.39. The number of hydrogen-bond donors (Lipinski definition) is 1. The maximum Gasteiger partial charge on any atom is 0.224 e. The number of aromatic nitrogens is 3. The van der Waals surface area contributed by atoms with Gasteiger partial charge in [-0.15, -0.1) is 23.1 Å². The highest BCUT2D eigenvalue weighted by molar-refractivity contribution is 7.99. The average molecular weight is 415 g/mol. The molecule has 0 saturated carbocycles. The summed E-state index contributed by atoms with van der Waals surface area (Å²) in [5.74, 6) is 0.0401. The van der Waals surface area contributed by atoms with Gasteiger partial charge in [0, 0.05) is 34.2 Å². The van der Waals surface area contributed by atoms with Crippen LogP contribution in [0.5, 0.6) is 0 Å². The molecular formula is C21H26N4OS2.